The number of anilines is 2. The molecule has 0 spiro atoms. The van der Waals surface area contributed by atoms with E-state index in [9.17, 15) is 0 Å². The Hall–Kier alpha value is -2.80. The third kappa shape index (κ3) is 3.51. The molecule has 0 aliphatic heterocycles. The van der Waals surface area contributed by atoms with Crippen LogP contribution in [-0.4, -0.2) is 0 Å². The van der Waals surface area contributed by atoms with Gasteiger partial charge in [-0.1, -0.05) is 60.7 Å². The van der Waals surface area contributed by atoms with Crippen LogP contribution in [0.5, 0.6) is 0 Å². The highest BCUT2D eigenvalue weighted by Gasteiger charge is 2.09. The van der Waals surface area contributed by atoms with E-state index in [1.807, 2.05) is 12.1 Å². The zero-order valence-corrected chi connectivity index (χ0v) is 13.6. The van der Waals surface area contributed by atoms with Crippen molar-refractivity contribution in [2.45, 2.75) is 13.8 Å². The minimum absolute atomic E-state index is 1.16. The fourth-order valence-corrected chi connectivity index (χ4v) is 2.62. The van der Waals surface area contributed by atoms with Gasteiger partial charge >= 0.3 is 0 Å². The van der Waals surface area contributed by atoms with Crippen molar-refractivity contribution < 1.29 is 0 Å². The first kappa shape index (κ1) is 15.1. The lowest BCUT2D eigenvalue weighted by Gasteiger charge is -2.23. The normalized spacial score (nSPS) is 10.9. The maximum atomic E-state index is 2.25. The van der Waals surface area contributed by atoms with Gasteiger partial charge < -0.3 is 4.90 Å². The van der Waals surface area contributed by atoms with Gasteiger partial charge in [-0.25, -0.2) is 0 Å². The molecule has 3 aromatic rings. The van der Waals surface area contributed by atoms with E-state index < -0.39 is 0 Å². The molecule has 0 atom stereocenters. The minimum atomic E-state index is 1.16. The van der Waals surface area contributed by atoms with Gasteiger partial charge in [0, 0.05) is 17.6 Å². The molecule has 114 valence electrons. The summed E-state index contributed by atoms with van der Waals surface area (Å²) in [6.45, 7) is 4.33. The van der Waals surface area contributed by atoms with E-state index in [1.165, 1.54) is 22.4 Å². The second-order valence-corrected chi connectivity index (χ2v) is 5.65. The Labute approximate surface area is 138 Å². The highest BCUT2D eigenvalue weighted by Crippen LogP contribution is 2.30. The van der Waals surface area contributed by atoms with E-state index in [2.05, 4.69) is 97.8 Å². The van der Waals surface area contributed by atoms with E-state index >= 15 is 0 Å². The molecule has 0 aliphatic rings. The average molecular weight is 299 g/mol. The van der Waals surface area contributed by atoms with Crippen LogP contribution in [0.15, 0.2) is 85.1 Å². The lowest BCUT2D eigenvalue weighted by atomic mass is 10.1. The largest absolute Gasteiger partial charge is 0.317 e. The van der Waals surface area contributed by atoms with Gasteiger partial charge in [-0.05, 0) is 54.8 Å². The summed E-state index contributed by atoms with van der Waals surface area (Å²) in [5.41, 5.74) is 6.17. The van der Waals surface area contributed by atoms with Crippen LogP contribution >= 0.6 is 0 Å². The topological polar surface area (TPSA) is 3.24 Å². The molecule has 0 heterocycles. The molecule has 1 heteroatoms. The molecule has 1 nitrogen and oxygen atoms in total. The van der Waals surface area contributed by atoms with Gasteiger partial charge in [0.25, 0.3) is 0 Å². The van der Waals surface area contributed by atoms with Crippen LogP contribution in [0.2, 0.25) is 0 Å². The van der Waals surface area contributed by atoms with Crippen LogP contribution in [0.3, 0.4) is 0 Å². The standard InChI is InChI=1S/C22H21N/c1-18-10-9-15-22(19(18)2)23(21-13-7-4-8-14-21)17-16-20-11-5-3-6-12-20/h3-17H,1-2H3/b17-16+. The van der Waals surface area contributed by atoms with Crippen molar-refractivity contribution in [3.63, 3.8) is 0 Å². The van der Waals surface area contributed by atoms with E-state index in [0.717, 1.165) is 5.69 Å². The number of rotatable bonds is 4. The summed E-state index contributed by atoms with van der Waals surface area (Å²) >= 11 is 0. The van der Waals surface area contributed by atoms with Gasteiger partial charge in [-0.2, -0.15) is 0 Å². The van der Waals surface area contributed by atoms with Crippen molar-refractivity contribution in [3.05, 3.63) is 102 Å². The van der Waals surface area contributed by atoms with Gasteiger partial charge in [-0.15, -0.1) is 0 Å². The molecule has 0 aromatic heterocycles. The molecule has 0 unspecified atom stereocenters. The second kappa shape index (κ2) is 6.97. The van der Waals surface area contributed by atoms with Gasteiger partial charge in [-0.3, -0.25) is 0 Å². The predicted molar refractivity (Wildman–Crippen MR) is 100.0 cm³/mol. The average Bonchev–Trinajstić information content (AvgIpc) is 2.60. The highest BCUT2D eigenvalue weighted by molar-refractivity contribution is 5.72. The fraction of sp³-hybridized carbons (Fsp3) is 0.0909. The van der Waals surface area contributed by atoms with Gasteiger partial charge in [0.2, 0.25) is 0 Å². The van der Waals surface area contributed by atoms with Gasteiger partial charge in [0.05, 0.1) is 0 Å². The number of aryl methyl sites for hydroxylation is 1. The van der Waals surface area contributed by atoms with E-state index in [4.69, 9.17) is 0 Å². The maximum absolute atomic E-state index is 2.25. The van der Waals surface area contributed by atoms with Crippen molar-refractivity contribution in [2.75, 3.05) is 4.90 Å². The van der Waals surface area contributed by atoms with Crippen LogP contribution in [0.4, 0.5) is 11.4 Å². The molecule has 3 aromatic carbocycles. The maximum Gasteiger partial charge on any atom is 0.0487 e. The summed E-state index contributed by atoms with van der Waals surface area (Å²) < 4.78 is 0. The molecule has 23 heavy (non-hydrogen) atoms. The lowest BCUT2D eigenvalue weighted by molar-refractivity contribution is 1.23. The zero-order chi connectivity index (χ0) is 16.1. The van der Waals surface area contributed by atoms with Crippen LogP contribution in [0, 0.1) is 13.8 Å². The fourth-order valence-electron chi connectivity index (χ4n) is 2.62. The Morgan fingerprint density at radius 2 is 1.35 bits per heavy atom. The van der Waals surface area contributed by atoms with Crippen LogP contribution in [-0.2, 0) is 0 Å². The van der Waals surface area contributed by atoms with Crippen molar-refractivity contribution in [1.82, 2.24) is 0 Å². The van der Waals surface area contributed by atoms with Crippen LogP contribution in [0.1, 0.15) is 16.7 Å². The molecule has 0 aliphatic carbocycles. The number of hydrogen-bond acceptors (Lipinski definition) is 1. The van der Waals surface area contributed by atoms with E-state index in [0.29, 0.717) is 0 Å². The molecule has 0 saturated heterocycles. The molecule has 0 fully saturated rings. The zero-order valence-electron chi connectivity index (χ0n) is 13.6. The van der Waals surface area contributed by atoms with Crippen molar-refractivity contribution >= 4 is 17.5 Å². The number of nitrogens with zero attached hydrogens (tertiary/aromatic N) is 1. The molecule has 3 rings (SSSR count). The van der Waals surface area contributed by atoms with E-state index in [-0.39, 0.29) is 0 Å². The first-order valence-electron chi connectivity index (χ1n) is 7.89. The van der Waals surface area contributed by atoms with Crippen molar-refractivity contribution in [1.29, 1.82) is 0 Å². The van der Waals surface area contributed by atoms with Gasteiger partial charge in [0.1, 0.15) is 0 Å². The van der Waals surface area contributed by atoms with Crippen LogP contribution < -0.4 is 4.90 Å². The first-order chi connectivity index (χ1) is 11.3. The summed E-state index contributed by atoms with van der Waals surface area (Å²) in [6, 6.07) is 27.3. The molecular weight excluding hydrogens is 278 g/mol. The summed E-state index contributed by atoms with van der Waals surface area (Å²) in [5, 5.41) is 0. The van der Waals surface area contributed by atoms with Crippen molar-refractivity contribution in [3.8, 4) is 0 Å². The van der Waals surface area contributed by atoms with E-state index in [1.54, 1.807) is 0 Å². The first-order valence-corrected chi connectivity index (χ1v) is 7.89. The Bertz CT molecular complexity index is 789. The molecular formula is C22H21N. The third-order valence-corrected chi connectivity index (χ3v) is 4.09. The van der Waals surface area contributed by atoms with Crippen LogP contribution in [0.25, 0.3) is 6.08 Å². The second-order valence-electron chi connectivity index (χ2n) is 5.65. The summed E-state index contributed by atoms with van der Waals surface area (Å²) in [5.74, 6) is 0. The molecule has 0 bridgehead atoms. The monoisotopic (exact) mass is 299 g/mol. The molecule has 0 amide bonds. The Morgan fingerprint density at radius 1 is 0.696 bits per heavy atom. The molecule has 0 saturated carbocycles. The third-order valence-electron chi connectivity index (χ3n) is 4.09. The van der Waals surface area contributed by atoms with Gasteiger partial charge in [0.15, 0.2) is 0 Å². The molecule has 0 radical (unpaired) electrons. The lowest BCUT2D eigenvalue weighted by Crippen LogP contribution is -2.10. The quantitative estimate of drug-likeness (QED) is 0.561. The Kier molecular flexibility index (Phi) is 4.58. The minimum Gasteiger partial charge on any atom is -0.317 e. The predicted octanol–water partition coefficient (Wildman–Crippen LogP) is 6.11. The molecule has 0 N–H and O–H groups in total. The Morgan fingerprint density at radius 3 is 2.04 bits per heavy atom. The number of para-hydroxylation sites is 1. The highest BCUT2D eigenvalue weighted by atomic mass is 15.1. The summed E-state index contributed by atoms with van der Waals surface area (Å²) in [6.07, 6.45) is 4.29. The Balaban J connectivity index is 2.04. The summed E-state index contributed by atoms with van der Waals surface area (Å²) in [4.78, 5) is 2.25. The SMILES string of the molecule is Cc1cccc(N(/C=C/c2ccccc2)c2ccccc2)c1C. The van der Waals surface area contributed by atoms with Crippen molar-refractivity contribution in [2.24, 2.45) is 0 Å². The summed E-state index contributed by atoms with van der Waals surface area (Å²) in [7, 11) is 0. The smallest absolute Gasteiger partial charge is 0.0487 e. The number of benzene rings is 3. The number of hydrogen-bond donors (Lipinski definition) is 0.